The molecule has 5 heteroatoms. The lowest BCUT2D eigenvalue weighted by atomic mass is 10.1. The quantitative estimate of drug-likeness (QED) is 0.346. The van der Waals surface area contributed by atoms with E-state index in [1.165, 1.54) is 57.8 Å². The summed E-state index contributed by atoms with van der Waals surface area (Å²) in [5.74, 6) is 2.03. The van der Waals surface area contributed by atoms with Crippen molar-refractivity contribution in [2.24, 2.45) is 0 Å². The highest BCUT2D eigenvalue weighted by Crippen LogP contribution is 2.38. The molecule has 1 rings (SSSR count). The summed E-state index contributed by atoms with van der Waals surface area (Å²) in [5.41, 5.74) is 1.12. The van der Waals surface area contributed by atoms with Gasteiger partial charge in [-0.15, -0.1) is 0 Å². The van der Waals surface area contributed by atoms with E-state index in [0.717, 1.165) is 31.7 Å². The summed E-state index contributed by atoms with van der Waals surface area (Å²) in [4.78, 5) is 0. The van der Waals surface area contributed by atoms with E-state index >= 15 is 0 Å². The minimum absolute atomic E-state index is 0.636. The number of ether oxygens (including phenoxy) is 3. The zero-order chi connectivity index (χ0) is 20.5. The Morgan fingerprint density at radius 2 is 1.18 bits per heavy atom. The molecule has 2 N–H and O–H groups in total. The lowest BCUT2D eigenvalue weighted by Gasteiger charge is -2.14. The Morgan fingerprint density at radius 1 is 0.643 bits per heavy atom. The van der Waals surface area contributed by atoms with Gasteiger partial charge in [-0.2, -0.15) is 0 Å². The average molecular weight is 395 g/mol. The van der Waals surface area contributed by atoms with Crippen LogP contribution in [-0.4, -0.2) is 41.0 Å². The fourth-order valence-corrected chi connectivity index (χ4v) is 3.33. The molecule has 0 aliphatic rings. The topological polar surface area (TPSA) is 51.8 Å². The Bertz CT molecular complexity index is 484. The molecule has 0 aliphatic carbocycles. The highest BCUT2D eigenvalue weighted by Gasteiger charge is 2.12. The van der Waals surface area contributed by atoms with E-state index in [1.807, 2.05) is 12.1 Å². The maximum Gasteiger partial charge on any atom is 0.203 e. The van der Waals surface area contributed by atoms with Crippen LogP contribution in [0.5, 0.6) is 17.2 Å². The van der Waals surface area contributed by atoms with E-state index in [1.54, 1.807) is 21.3 Å². The van der Waals surface area contributed by atoms with Gasteiger partial charge in [0.1, 0.15) is 0 Å². The number of nitrogens with one attached hydrogen (secondary N) is 2. The molecule has 0 heterocycles. The summed E-state index contributed by atoms with van der Waals surface area (Å²) in [7, 11) is 4.91. The van der Waals surface area contributed by atoms with E-state index in [9.17, 15) is 0 Å². The molecule has 0 unspecified atom stereocenters. The molecule has 5 nitrogen and oxygen atoms in total. The van der Waals surface area contributed by atoms with E-state index in [0.29, 0.717) is 17.2 Å². The van der Waals surface area contributed by atoms with Crippen LogP contribution >= 0.6 is 0 Å². The molecule has 0 aliphatic heterocycles. The van der Waals surface area contributed by atoms with Gasteiger partial charge < -0.3 is 24.8 Å². The Labute approximate surface area is 172 Å². The molecule has 0 atom stereocenters. The molecular formula is C23H42N2O3. The molecular weight excluding hydrogens is 352 g/mol. The molecule has 0 saturated heterocycles. The highest BCUT2D eigenvalue weighted by molar-refractivity contribution is 5.53. The third kappa shape index (κ3) is 10.2. The fraction of sp³-hybridized carbons (Fsp3) is 0.739. The summed E-state index contributed by atoms with van der Waals surface area (Å²) in [5, 5.41) is 6.98. The molecule has 1 aromatic carbocycles. The second-order valence-corrected chi connectivity index (χ2v) is 7.29. The van der Waals surface area contributed by atoms with Gasteiger partial charge in [-0.1, -0.05) is 58.3 Å². The minimum Gasteiger partial charge on any atom is -0.493 e. The zero-order valence-corrected chi connectivity index (χ0v) is 18.6. The van der Waals surface area contributed by atoms with Gasteiger partial charge >= 0.3 is 0 Å². The second kappa shape index (κ2) is 16.5. The van der Waals surface area contributed by atoms with Crippen molar-refractivity contribution < 1.29 is 14.2 Å². The first-order chi connectivity index (χ1) is 13.8. The zero-order valence-electron chi connectivity index (χ0n) is 18.6. The standard InChI is InChI=1S/C23H42N2O3/c1-5-6-7-8-9-10-11-12-13-14-24-15-16-25-19-20-17-21(26-2)23(28-4)22(18-20)27-3/h17-18,24-25H,5-16,19H2,1-4H3. The number of hydrogen-bond donors (Lipinski definition) is 2. The molecule has 0 bridgehead atoms. The molecule has 0 radical (unpaired) electrons. The number of methoxy groups -OCH3 is 3. The lowest BCUT2D eigenvalue weighted by Crippen LogP contribution is -2.27. The number of rotatable bonds is 18. The predicted octanol–water partition coefficient (Wildman–Crippen LogP) is 4.92. The van der Waals surface area contributed by atoms with Crippen molar-refractivity contribution in [1.29, 1.82) is 0 Å². The van der Waals surface area contributed by atoms with Gasteiger partial charge in [-0.25, -0.2) is 0 Å². The third-order valence-corrected chi connectivity index (χ3v) is 4.99. The van der Waals surface area contributed by atoms with Crippen molar-refractivity contribution in [3.63, 3.8) is 0 Å². The third-order valence-electron chi connectivity index (χ3n) is 4.99. The molecule has 1 aromatic rings. The Hall–Kier alpha value is -1.46. The maximum absolute atomic E-state index is 5.40. The Morgan fingerprint density at radius 3 is 1.71 bits per heavy atom. The monoisotopic (exact) mass is 394 g/mol. The van der Waals surface area contributed by atoms with Crippen LogP contribution in [0.25, 0.3) is 0 Å². The van der Waals surface area contributed by atoms with Crippen LogP contribution < -0.4 is 24.8 Å². The summed E-state index contributed by atoms with van der Waals surface area (Å²) in [6, 6.07) is 3.98. The van der Waals surface area contributed by atoms with Crippen LogP contribution in [-0.2, 0) is 6.54 Å². The first kappa shape index (κ1) is 24.6. The van der Waals surface area contributed by atoms with Crippen molar-refractivity contribution in [1.82, 2.24) is 10.6 Å². The van der Waals surface area contributed by atoms with E-state index < -0.39 is 0 Å². The van der Waals surface area contributed by atoms with E-state index in [4.69, 9.17) is 14.2 Å². The second-order valence-electron chi connectivity index (χ2n) is 7.29. The Balaban J connectivity index is 2.06. The molecule has 162 valence electrons. The molecule has 0 spiro atoms. The summed E-state index contributed by atoms with van der Waals surface area (Å²) < 4.78 is 16.2. The summed E-state index contributed by atoms with van der Waals surface area (Å²) in [6.45, 7) is 6.09. The van der Waals surface area contributed by atoms with Crippen LogP contribution in [0.3, 0.4) is 0 Å². The normalized spacial score (nSPS) is 10.9. The molecule has 0 saturated carbocycles. The van der Waals surface area contributed by atoms with Crippen LogP contribution in [0.2, 0.25) is 0 Å². The van der Waals surface area contributed by atoms with E-state index in [2.05, 4.69) is 17.6 Å². The van der Waals surface area contributed by atoms with Crippen LogP contribution in [0.1, 0.15) is 70.3 Å². The summed E-state index contributed by atoms with van der Waals surface area (Å²) >= 11 is 0. The van der Waals surface area contributed by atoms with E-state index in [-0.39, 0.29) is 0 Å². The van der Waals surface area contributed by atoms with Gasteiger partial charge in [-0.3, -0.25) is 0 Å². The minimum atomic E-state index is 0.636. The first-order valence-electron chi connectivity index (χ1n) is 11.0. The molecule has 0 amide bonds. The SMILES string of the molecule is CCCCCCCCCCCNCCNCc1cc(OC)c(OC)c(OC)c1. The van der Waals surface area contributed by atoms with Crippen molar-refractivity contribution in [2.45, 2.75) is 71.3 Å². The predicted molar refractivity (Wildman–Crippen MR) is 118 cm³/mol. The van der Waals surface area contributed by atoms with Gasteiger partial charge in [0.15, 0.2) is 11.5 Å². The lowest BCUT2D eigenvalue weighted by molar-refractivity contribution is 0.323. The molecule has 0 aromatic heterocycles. The van der Waals surface area contributed by atoms with Crippen molar-refractivity contribution in [3.8, 4) is 17.2 Å². The van der Waals surface area contributed by atoms with Crippen molar-refractivity contribution in [2.75, 3.05) is 41.0 Å². The van der Waals surface area contributed by atoms with Gasteiger partial charge in [0.25, 0.3) is 0 Å². The molecule has 0 fully saturated rings. The Kier molecular flexibility index (Phi) is 14.5. The highest BCUT2D eigenvalue weighted by atomic mass is 16.5. The number of benzene rings is 1. The number of unbranched alkanes of at least 4 members (excludes halogenated alkanes) is 8. The van der Waals surface area contributed by atoms with Crippen LogP contribution in [0.4, 0.5) is 0 Å². The first-order valence-corrected chi connectivity index (χ1v) is 11.0. The van der Waals surface area contributed by atoms with Gasteiger partial charge in [0.05, 0.1) is 21.3 Å². The number of hydrogen-bond acceptors (Lipinski definition) is 5. The van der Waals surface area contributed by atoms with Crippen molar-refractivity contribution >= 4 is 0 Å². The van der Waals surface area contributed by atoms with Gasteiger partial charge in [0, 0.05) is 19.6 Å². The fourth-order valence-electron chi connectivity index (χ4n) is 3.33. The summed E-state index contributed by atoms with van der Waals surface area (Å²) in [6.07, 6.45) is 12.4. The van der Waals surface area contributed by atoms with Crippen LogP contribution in [0, 0.1) is 0 Å². The largest absolute Gasteiger partial charge is 0.493 e. The molecule has 28 heavy (non-hydrogen) atoms. The maximum atomic E-state index is 5.40. The van der Waals surface area contributed by atoms with Crippen molar-refractivity contribution in [3.05, 3.63) is 17.7 Å². The van der Waals surface area contributed by atoms with Gasteiger partial charge in [0.2, 0.25) is 5.75 Å². The van der Waals surface area contributed by atoms with Gasteiger partial charge in [-0.05, 0) is 30.7 Å². The average Bonchev–Trinajstić information content (AvgIpc) is 2.73. The smallest absolute Gasteiger partial charge is 0.203 e. The van der Waals surface area contributed by atoms with Crippen LogP contribution in [0.15, 0.2) is 12.1 Å².